The van der Waals surface area contributed by atoms with Crippen LogP contribution in [0.5, 0.6) is 5.75 Å². The van der Waals surface area contributed by atoms with Crippen LogP contribution in [-0.4, -0.2) is 73.8 Å². The van der Waals surface area contributed by atoms with E-state index < -0.39 is 6.10 Å². The second-order valence-electron chi connectivity index (χ2n) is 8.33. The van der Waals surface area contributed by atoms with Gasteiger partial charge in [-0.1, -0.05) is 17.7 Å². The molecule has 0 spiro atoms. The van der Waals surface area contributed by atoms with E-state index in [0.717, 1.165) is 47.7 Å². The van der Waals surface area contributed by atoms with Gasteiger partial charge in [-0.25, -0.2) is 9.97 Å². The number of nitrogens with zero attached hydrogens (tertiary/aromatic N) is 2. The molecule has 2 unspecified atom stereocenters. The molecular formula is C24H31ClN4O4. The second-order valence-corrected chi connectivity index (χ2v) is 8.76. The third kappa shape index (κ3) is 6.22. The van der Waals surface area contributed by atoms with Crippen LogP contribution in [-0.2, 0) is 9.47 Å². The minimum atomic E-state index is -0.621. The van der Waals surface area contributed by atoms with Gasteiger partial charge in [0.1, 0.15) is 24.3 Å². The number of hydrogen-bond donors (Lipinski definition) is 3. The van der Waals surface area contributed by atoms with Crippen molar-refractivity contribution >= 4 is 23.0 Å². The van der Waals surface area contributed by atoms with Crippen molar-refractivity contribution in [1.29, 1.82) is 0 Å². The number of aliphatic hydroxyl groups excluding tert-OH is 1. The number of halogens is 1. The fraction of sp³-hybridized carbons (Fsp3) is 0.500. The van der Waals surface area contributed by atoms with Gasteiger partial charge in [-0.2, -0.15) is 0 Å². The van der Waals surface area contributed by atoms with Crippen molar-refractivity contribution in [2.45, 2.75) is 31.9 Å². The van der Waals surface area contributed by atoms with E-state index in [9.17, 15) is 5.11 Å². The summed E-state index contributed by atoms with van der Waals surface area (Å²) in [6.45, 7) is 5.31. The predicted octanol–water partition coefficient (Wildman–Crippen LogP) is 3.07. The molecule has 8 nitrogen and oxygen atoms in total. The predicted molar refractivity (Wildman–Crippen MR) is 129 cm³/mol. The summed E-state index contributed by atoms with van der Waals surface area (Å²) in [5, 5.41) is 17.0. The Bertz CT molecular complexity index is 995. The van der Waals surface area contributed by atoms with Gasteiger partial charge in [-0.3, -0.25) is 0 Å². The molecule has 1 aromatic carbocycles. The monoisotopic (exact) mass is 474 g/mol. The van der Waals surface area contributed by atoms with Crippen LogP contribution in [0.4, 0.5) is 5.82 Å². The lowest BCUT2D eigenvalue weighted by Crippen LogP contribution is -2.29. The Balaban J connectivity index is 1.69. The Morgan fingerprint density at radius 3 is 2.85 bits per heavy atom. The minimum absolute atomic E-state index is 0.155. The highest BCUT2D eigenvalue weighted by molar-refractivity contribution is 6.31. The zero-order valence-electron chi connectivity index (χ0n) is 19.1. The summed E-state index contributed by atoms with van der Waals surface area (Å²) in [5.41, 5.74) is 3.83. The van der Waals surface area contributed by atoms with Crippen LogP contribution >= 0.6 is 11.6 Å². The lowest BCUT2D eigenvalue weighted by Gasteiger charge is -2.20. The number of likely N-dealkylation sites (N-methyl/N-ethyl adjacent to an activating group) is 1. The third-order valence-corrected chi connectivity index (χ3v) is 5.91. The van der Waals surface area contributed by atoms with Crippen LogP contribution in [0, 0.1) is 6.92 Å². The van der Waals surface area contributed by atoms with Crippen LogP contribution in [0.3, 0.4) is 0 Å². The summed E-state index contributed by atoms with van der Waals surface area (Å²) in [7, 11) is 1.78. The normalized spacial score (nSPS) is 19.3. The van der Waals surface area contributed by atoms with Gasteiger partial charge in [-0.05, 0) is 50.6 Å². The molecule has 33 heavy (non-hydrogen) atoms. The Kier molecular flexibility index (Phi) is 8.16. The summed E-state index contributed by atoms with van der Waals surface area (Å²) in [6, 6.07) is 5.62. The summed E-state index contributed by atoms with van der Waals surface area (Å²) < 4.78 is 16.8. The van der Waals surface area contributed by atoms with Gasteiger partial charge in [0.05, 0.1) is 31.6 Å². The molecule has 3 N–H and O–H groups in total. The van der Waals surface area contributed by atoms with E-state index in [0.29, 0.717) is 43.0 Å². The van der Waals surface area contributed by atoms with Gasteiger partial charge in [0.15, 0.2) is 5.82 Å². The molecule has 4 rings (SSSR count). The molecule has 0 saturated carbocycles. The SMILES string of the molecule is CNCC(O)COc1cc(Cl)cc(-c2nc(NC3CCOC3)c(C)c(C3=CCOCC3)n2)c1. The first-order valence-corrected chi connectivity index (χ1v) is 11.7. The molecule has 2 aliphatic heterocycles. The zero-order valence-corrected chi connectivity index (χ0v) is 19.8. The molecule has 3 heterocycles. The maximum absolute atomic E-state index is 9.97. The van der Waals surface area contributed by atoms with Gasteiger partial charge in [0, 0.05) is 29.3 Å². The van der Waals surface area contributed by atoms with Gasteiger partial charge < -0.3 is 30.0 Å². The highest BCUT2D eigenvalue weighted by Crippen LogP contribution is 2.32. The molecule has 1 fully saturated rings. The number of anilines is 1. The average molecular weight is 475 g/mol. The lowest BCUT2D eigenvalue weighted by atomic mass is 10.0. The summed E-state index contributed by atoms with van der Waals surface area (Å²) >= 11 is 6.40. The lowest BCUT2D eigenvalue weighted by molar-refractivity contribution is 0.108. The summed E-state index contributed by atoms with van der Waals surface area (Å²) in [4.78, 5) is 9.79. The van der Waals surface area contributed by atoms with E-state index in [1.165, 1.54) is 0 Å². The highest BCUT2D eigenvalue weighted by atomic mass is 35.5. The van der Waals surface area contributed by atoms with Crippen molar-refractivity contribution in [2.75, 3.05) is 51.9 Å². The number of nitrogens with one attached hydrogen (secondary N) is 2. The van der Waals surface area contributed by atoms with Crippen molar-refractivity contribution in [1.82, 2.24) is 15.3 Å². The van der Waals surface area contributed by atoms with E-state index in [-0.39, 0.29) is 12.6 Å². The molecule has 2 aromatic rings. The number of ether oxygens (including phenoxy) is 3. The molecule has 1 aromatic heterocycles. The summed E-state index contributed by atoms with van der Waals surface area (Å²) in [6.07, 6.45) is 3.20. The molecule has 0 amide bonds. The maximum atomic E-state index is 9.97. The number of benzene rings is 1. The fourth-order valence-electron chi connectivity index (χ4n) is 3.94. The molecule has 1 saturated heterocycles. The smallest absolute Gasteiger partial charge is 0.162 e. The first-order chi connectivity index (χ1) is 16.0. The molecule has 0 radical (unpaired) electrons. The molecule has 9 heteroatoms. The fourth-order valence-corrected chi connectivity index (χ4v) is 4.17. The number of hydrogen-bond acceptors (Lipinski definition) is 8. The van der Waals surface area contributed by atoms with Crippen molar-refractivity contribution < 1.29 is 19.3 Å². The Morgan fingerprint density at radius 2 is 2.12 bits per heavy atom. The largest absolute Gasteiger partial charge is 0.491 e. The molecule has 178 valence electrons. The van der Waals surface area contributed by atoms with E-state index >= 15 is 0 Å². The second kappa shape index (κ2) is 11.3. The topological polar surface area (TPSA) is 97.8 Å². The highest BCUT2D eigenvalue weighted by Gasteiger charge is 2.21. The van der Waals surface area contributed by atoms with Crippen LogP contribution in [0.25, 0.3) is 17.0 Å². The van der Waals surface area contributed by atoms with Gasteiger partial charge in [0.25, 0.3) is 0 Å². The van der Waals surface area contributed by atoms with E-state index in [2.05, 4.69) is 16.7 Å². The van der Waals surface area contributed by atoms with Crippen molar-refractivity contribution in [3.05, 3.63) is 40.6 Å². The first kappa shape index (κ1) is 23.9. The van der Waals surface area contributed by atoms with E-state index in [4.69, 9.17) is 35.8 Å². The van der Waals surface area contributed by atoms with Crippen LogP contribution < -0.4 is 15.4 Å². The molecular weight excluding hydrogens is 444 g/mol. The molecule has 0 bridgehead atoms. The molecule has 2 aliphatic rings. The molecule has 2 atom stereocenters. The standard InChI is InChI=1S/C24H31ClN4O4/c1-15-22(16-3-6-31-7-4-16)28-24(29-23(15)27-19-5-8-32-13-19)17-9-18(25)11-21(10-17)33-14-20(30)12-26-2/h3,9-11,19-20,26,30H,4-8,12-14H2,1-2H3,(H,27,28,29). The number of aromatic nitrogens is 2. The van der Waals surface area contributed by atoms with Crippen molar-refractivity contribution in [3.8, 4) is 17.1 Å². The minimum Gasteiger partial charge on any atom is -0.491 e. The van der Waals surface area contributed by atoms with Crippen LogP contribution in [0.2, 0.25) is 5.02 Å². The quantitative estimate of drug-likeness (QED) is 0.510. The van der Waals surface area contributed by atoms with Crippen molar-refractivity contribution in [2.24, 2.45) is 0 Å². The van der Waals surface area contributed by atoms with Crippen LogP contribution in [0.1, 0.15) is 24.1 Å². The Morgan fingerprint density at radius 1 is 1.24 bits per heavy atom. The van der Waals surface area contributed by atoms with Crippen molar-refractivity contribution in [3.63, 3.8) is 0 Å². The third-order valence-electron chi connectivity index (χ3n) is 5.70. The summed E-state index contributed by atoms with van der Waals surface area (Å²) in [5.74, 6) is 1.92. The maximum Gasteiger partial charge on any atom is 0.162 e. The zero-order chi connectivity index (χ0) is 23.2. The van der Waals surface area contributed by atoms with E-state index in [1.807, 2.05) is 19.1 Å². The number of aliphatic hydroxyl groups is 1. The van der Waals surface area contributed by atoms with E-state index in [1.54, 1.807) is 13.1 Å². The van der Waals surface area contributed by atoms with Crippen LogP contribution in [0.15, 0.2) is 24.3 Å². The van der Waals surface area contributed by atoms with Gasteiger partial charge in [-0.15, -0.1) is 0 Å². The number of rotatable bonds is 9. The average Bonchev–Trinajstić information content (AvgIpc) is 3.33. The Hall–Kier alpha value is -2.23. The first-order valence-electron chi connectivity index (χ1n) is 11.3. The van der Waals surface area contributed by atoms with Gasteiger partial charge >= 0.3 is 0 Å². The Labute approximate surface area is 199 Å². The van der Waals surface area contributed by atoms with Gasteiger partial charge in [0.2, 0.25) is 0 Å². The molecule has 0 aliphatic carbocycles.